The number of carbonyl (C=O) groups excluding carboxylic acids is 1. The number of nitrogens with zero attached hydrogens (tertiary/aromatic N) is 3. The molecule has 1 saturated heterocycles. The number of aliphatic hydroxyl groups excluding tert-OH is 1. The van der Waals surface area contributed by atoms with Crippen LogP contribution in [0.5, 0.6) is 0 Å². The van der Waals surface area contributed by atoms with Crippen LogP contribution in [0.3, 0.4) is 0 Å². The Bertz CT molecular complexity index is 485. The third-order valence-electron chi connectivity index (χ3n) is 3.94. The van der Waals surface area contributed by atoms with Gasteiger partial charge in [-0.3, -0.25) is 9.69 Å². The molecular formula is C15H25N3O3. The lowest BCUT2D eigenvalue weighted by Crippen LogP contribution is -2.51. The maximum absolute atomic E-state index is 12.2. The Labute approximate surface area is 125 Å². The van der Waals surface area contributed by atoms with Crippen molar-refractivity contribution in [2.75, 3.05) is 32.7 Å². The maximum atomic E-state index is 12.2. The number of hydrogen-bond acceptors (Lipinski definition) is 5. The van der Waals surface area contributed by atoms with E-state index >= 15 is 0 Å². The number of aryl methyl sites for hydroxylation is 1. The molecule has 0 saturated carbocycles. The molecule has 1 fully saturated rings. The van der Waals surface area contributed by atoms with Crippen LogP contribution in [0.15, 0.2) is 10.6 Å². The van der Waals surface area contributed by atoms with Crippen LogP contribution in [-0.2, 0) is 0 Å². The van der Waals surface area contributed by atoms with E-state index < -0.39 is 0 Å². The molecule has 1 atom stereocenters. The molecule has 1 amide bonds. The Balaban J connectivity index is 1.84. The summed E-state index contributed by atoms with van der Waals surface area (Å²) in [4.78, 5) is 16.2. The Morgan fingerprint density at radius 2 is 2.00 bits per heavy atom. The van der Waals surface area contributed by atoms with Crippen LogP contribution in [0.25, 0.3) is 0 Å². The number of amides is 1. The molecule has 1 aromatic rings. The third kappa shape index (κ3) is 4.04. The molecule has 0 aromatic carbocycles. The number of aromatic nitrogens is 1. The second-order valence-corrected chi connectivity index (χ2v) is 6.80. The van der Waals surface area contributed by atoms with E-state index in [2.05, 4.69) is 10.1 Å². The molecule has 2 rings (SSSR count). The van der Waals surface area contributed by atoms with E-state index in [4.69, 9.17) is 4.52 Å². The lowest BCUT2D eigenvalue weighted by Gasteiger charge is -2.37. The molecule has 1 aliphatic heterocycles. The van der Waals surface area contributed by atoms with Gasteiger partial charge in [0.05, 0.1) is 6.10 Å². The number of hydrogen-bond donors (Lipinski definition) is 1. The quantitative estimate of drug-likeness (QED) is 0.906. The van der Waals surface area contributed by atoms with Crippen LogP contribution < -0.4 is 0 Å². The third-order valence-corrected chi connectivity index (χ3v) is 3.94. The van der Waals surface area contributed by atoms with Crippen LogP contribution in [0.4, 0.5) is 0 Å². The van der Waals surface area contributed by atoms with Crippen LogP contribution in [0.1, 0.15) is 37.0 Å². The van der Waals surface area contributed by atoms with Crippen LogP contribution >= 0.6 is 0 Å². The number of rotatable bonds is 3. The number of carbonyl (C=O) groups is 1. The van der Waals surface area contributed by atoms with E-state index in [-0.39, 0.29) is 17.4 Å². The fourth-order valence-corrected chi connectivity index (χ4v) is 2.28. The van der Waals surface area contributed by atoms with Crippen LogP contribution in [-0.4, -0.2) is 64.8 Å². The average Bonchev–Trinajstić information content (AvgIpc) is 2.84. The average molecular weight is 295 g/mol. The first-order valence-corrected chi connectivity index (χ1v) is 7.40. The summed E-state index contributed by atoms with van der Waals surface area (Å²) in [5.74, 6) is 0.563. The summed E-state index contributed by atoms with van der Waals surface area (Å²) in [7, 11) is 0. The normalized spacial score (nSPS) is 18.8. The minimum atomic E-state index is -0.363. The van der Waals surface area contributed by atoms with Crippen molar-refractivity contribution in [1.29, 1.82) is 0 Å². The Kier molecular flexibility index (Phi) is 4.68. The van der Waals surface area contributed by atoms with Crippen LogP contribution in [0, 0.1) is 12.3 Å². The van der Waals surface area contributed by atoms with Gasteiger partial charge in [0.2, 0.25) is 0 Å². The molecule has 1 aliphatic rings. The highest BCUT2D eigenvalue weighted by atomic mass is 16.5. The van der Waals surface area contributed by atoms with Gasteiger partial charge in [-0.15, -0.1) is 0 Å². The van der Waals surface area contributed by atoms with E-state index in [1.807, 2.05) is 20.8 Å². The molecule has 1 aromatic heterocycles. The first-order chi connectivity index (χ1) is 9.77. The van der Waals surface area contributed by atoms with Crippen molar-refractivity contribution in [3.63, 3.8) is 0 Å². The van der Waals surface area contributed by atoms with Gasteiger partial charge in [-0.05, 0) is 12.3 Å². The summed E-state index contributed by atoms with van der Waals surface area (Å²) in [5.41, 5.74) is 0.251. The second-order valence-electron chi connectivity index (χ2n) is 6.80. The lowest BCUT2D eigenvalue weighted by molar-refractivity contribution is 0.0135. The molecule has 0 aliphatic carbocycles. The fourth-order valence-electron chi connectivity index (χ4n) is 2.28. The van der Waals surface area contributed by atoms with Crippen molar-refractivity contribution in [2.24, 2.45) is 5.41 Å². The van der Waals surface area contributed by atoms with E-state index in [0.717, 1.165) is 13.1 Å². The van der Waals surface area contributed by atoms with E-state index in [0.29, 0.717) is 31.1 Å². The topological polar surface area (TPSA) is 69.8 Å². The van der Waals surface area contributed by atoms with Crippen molar-refractivity contribution < 1.29 is 14.4 Å². The highest BCUT2D eigenvalue weighted by molar-refractivity contribution is 5.92. The van der Waals surface area contributed by atoms with Gasteiger partial charge in [0.25, 0.3) is 5.91 Å². The predicted octanol–water partition coefficient (Wildman–Crippen LogP) is 1.15. The van der Waals surface area contributed by atoms with Crippen molar-refractivity contribution in [3.05, 3.63) is 17.5 Å². The van der Waals surface area contributed by atoms with Crippen molar-refractivity contribution in [2.45, 2.75) is 33.8 Å². The van der Waals surface area contributed by atoms with Crippen LogP contribution in [0.2, 0.25) is 0 Å². The number of piperazine rings is 1. The summed E-state index contributed by atoms with van der Waals surface area (Å²) in [5, 5.41) is 13.9. The first kappa shape index (κ1) is 16.0. The Hall–Kier alpha value is -1.40. The van der Waals surface area contributed by atoms with Crippen molar-refractivity contribution in [1.82, 2.24) is 15.0 Å². The SMILES string of the molecule is Cc1cc(C(=O)N2CCN(C[C@@H](O)C(C)(C)C)CC2)no1. The molecule has 0 bridgehead atoms. The molecular weight excluding hydrogens is 270 g/mol. The van der Waals surface area contributed by atoms with Gasteiger partial charge in [0.1, 0.15) is 5.76 Å². The number of β-amino-alcohol motifs (C(OH)–C–C–N with tert-alkyl or cyclic N) is 1. The van der Waals surface area contributed by atoms with Crippen molar-refractivity contribution in [3.8, 4) is 0 Å². The van der Waals surface area contributed by atoms with Gasteiger partial charge in [0, 0.05) is 38.8 Å². The van der Waals surface area contributed by atoms with Gasteiger partial charge in [0.15, 0.2) is 5.69 Å². The molecule has 2 heterocycles. The molecule has 1 N–H and O–H groups in total. The standard InChI is InChI=1S/C15H25N3O3/c1-11-9-12(16-21-11)14(20)18-7-5-17(6-8-18)10-13(19)15(2,3)4/h9,13,19H,5-8,10H2,1-4H3/t13-/m1/s1. The number of aliphatic hydroxyl groups is 1. The fraction of sp³-hybridized carbons (Fsp3) is 0.733. The highest BCUT2D eigenvalue weighted by Gasteiger charge is 2.28. The summed E-state index contributed by atoms with van der Waals surface area (Å²) in [6.45, 7) is 11.4. The molecule has 0 unspecified atom stereocenters. The van der Waals surface area contributed by atoms with E-state index in [1.165, 1.54) is 0 Å². The largest absolute Gasteiger partial charge is 0.391 e. The van der Waals surface area contributed by atoms with Crippen molar-refractivity contribution >= 4 is 5.91 Å². The smallest absolute Gasteiger partial charge is 0.276 e. The lowest BCUT2D eigenvalue weighted by atomic mass is 9.89. The van der Waals surface area contributed by atoms with Gasteiger partial charge in [-0.25, -0.2) is 0 Å². The minimum absolute atomic E-state index is 0.0807. The second kappa shape index (κ2) is 6.15. The monoisotopic (exact) mass is 295 g/mol. The molecule has 6 heteroatoms. The van der Waals surface area contributed by atoms with E-state index in [1.54, 1.807) is 17.9 Å². The zero-order valence-electron chi connectivity index (χ0n) is 13.3. The first-order valence-electron chi connectivity index (χ1n) is 7.40. The Morgan fingerprint density at radius 3 is 2.48 bits per heavy atom. The maximum Gasteiger partial charge on any atom is 0.276 e. The summed E-state index contributed by atoms with van der Waals surface area (Å²) >= 11 is 0. The van der Waals surface area contributed by atoms with E-state index in [9.17, 15) is 9.90 Å². The summed E-state index contributed by atoms with van der Waals surface area (Å²) in [6.07, 6.45) is -0.363. The highest BCUT2D eigenvalue weighted by Crippen LogP contribution is 2.20. The molecule has 0 spiro atoms. The summed E-state index contributed by atoms with van der Waals surface area (Å²) in [6, 6.07) is 1.66. The van der Waals surface area contributed by atoms with Gasteiger partial charge in [-0.1, -0.05) is 25.9 Å². The zero-order valence-corrected chi connectivity index (χ0v) is 13.3. The van der Waals surface area contributed by atoms with Gasteiger partial charge < -0.3 is 14.5 Å². The molecule has 118 valence electrons. The Morgan fingerprint density at radius 1 is 1.38 bits per heavy atom. The molecule has 0 radical (unpaired) electrons. The predicted molar refractivity (Wildman–Crippen MR) is 79.0 cm³/mol. The van der Waals surface area contributed by atoms with Gasteiger partial charge in [-0.2, -0.15) is 0 Å². The molecule has 6 nitrogen and oxygen atoms in total. The minimum Gasteiger partial charge on any atom is -0.391 e. The zero-order chi connectivity index (χ0) is 15.6. The van der Waals surface area contributed by atoms with Gasteiger partial charge >= 0.3 is 0 Å². The summed E-state index contributed by atoms with van der Waals surface area (Å²) < 4.78 is 4.95. The molecule has 21 heavy (non-hydrogen) atoms.